The van der Waals surface area contributed by atoms with Gasteiger partial charge in [-0.25, -0.2) is 4.39 Å². The second-order valence-corrected chi connectivity index (χ2v) is 8.28. The summed E-state index contributed by atoms with van der Waals surface area (Å²) >= 11 is 0. The lowest BCUT2D eigenvalue weighted by Crippen LogP contribution is -2.40. The molecular formula is C21H26FN3O2. The molecule has 3 fully saturated rings. The number of aryl methyl sites for hydroxylation is 1. The maximum absolute atomic E-state index is 15.3. The molecule has 1 aromatic heterocycles. The molecule has 1 aliphatic carbocycles. The second-order valence-electron chi connectivity index (χ2n) is 8.28. The number of rotatable bonds is 3. The van der Waals surface area contributed by atoms with E-state index in [0.717, 1.165) is 38.0 Å². The fourth-order valence-electron chi connectivity index (χ4n) is 4.94. The van der Waals surface area contributed by atoms with Gasteiger partial charge in [0.25, 0.3) is 0 Å². The lowest BCUT2D eigenvalue weighted by molar-refractivity contribution is 0.340. The highest BCUT2D eigenvalue weighted by Gasteiger charge is 2.37. The van der Waals surface area contributed by atoms with Crippen molar-refractivity contribution in [3.8, 4) is 5.75 Å². The third-order valence-electron chi connectivity index (χ3n) is 6.44. The molecule has 5 nitrogen and oxygen atoms in total. The van der Waals surface area contributed by atoms with Gasteiger partial charge in [-0.3, -0.25) is 4.79 Å². The number of halogens is 1. The van der Waals surface area contributed by atoms with Crippen LogP contribution >= 0.6 is 0 Å². The molecule has 3 aliphatic rings. The molecule has 1 N–H and O–H groups in total. The predicted octanol–water partition coefficient (Wildman–Crippen LogP) is 2.98. The van der Waals surface area contributed by atoms with Crippen molar-refractivity contribution >= 4 is 16.6 Å². The Labute approximate surface area is 158 Å². The number of ether oxygens (including phenoxy) is 1. The number of aromatic nitrogens is 1. The van der Waals surface area contributed by atoms with E-state index in [0.29, 0.717) is 40.4 Å². The van der Waals surface area contributed by atoms with Crippen LogP contribution in [0.1, 0.15) is 37.3 Å². The average molecular weight is 371 g/mol. The molecule has 1 saturated carbocycles. The number of anilines is 1. The Kier molecular flexibility index (Phi) is 3.93. The summed E-state index contributed by atoms with van der Waals surface area (Å²) in [6.45, 7) is 4.45. The molecule has 2 unspecified atom stereocenters. The first kappa shape index (κ1) is 17.0. The molecule has 3 heterocycles. The zero-order chi connectivity index (χ0) is 18.7. The van der Waals surface area contributed by atoms with Crippen LogP contribution < -0.4 is 20.4 Å². The van der Waals surface area contributed by atoms with Crippen LogP contribution in [-0.2, 0) is 0 Å². The van der Waals surface area contributed by atoms with Crippen LogP contribution in [0, 0.1) is 18.7 Å². The van der Waals surface area contributed by atoms with Crippen LogP contribution in [0.3, 0.4) is 0 Å². The molecular weight excluding hydrogens is 345 g/mol. The Morgan fingerprint density at radius 3 is 2.78 bits per heavy atom. The van der Waals surface area contributed by atoms with Crippen molar-refractivity contribution in [1.29, 1.82) is 0 Å². The van der Waals surface area contributed by atoms with Crippen LogP contribution in [0.25, 0.3) is 10.9 Å². The molecule has 6 heteroatoms. The summed E-state index contributed by atoms with van der Waals surface area (Å²) in [5.74, 6) is 0.692. The maximum Gasteiger partial charge on any atom is 0.192 e. The van der Waals surface area contributed by atoms with E-state index in [1.807, 2.05) is 6.20 Å². The number of nitrogens with zero attached hydrogens (tertiary/aromatic N) is 2. The summed E-state index contributed by atoms with van der Waals surface area (Å²) in [5.41, 5.74) is 1.80. The zero-order valence-corrected chi connectivity index (χ0v) is 15.9. The number of benzene rings is 1. The number of fused-ring (bicyclic) bond motifs is 2. The van der Waals surface area contributed by atoms with Gasteiger partial charge in [-0.2, -0.15) is 0 Å². The van der Waals surface area contributed by atoms with Crippen molar-refractivity contribution in [3.05, 3.63) is 33.9 Å². The van der Waals surface area contributed by atoms with Crippen LogP contribution in [-0.4, -0.2) is 37.4 Å². The van der Waals surface area contributed by atoms with Crippen molar-refractivity contribution in [2.45, 2.75) is 44.7 Å². The SMILES string of the molecule is COc1c(N2CC3CCCNC3C2)c(F)cc2c(=O)c(C)cn(C3CC3)c12. The molecule has 0 radical (unpaired) electrons. The van der Waals surface area contributed by atoms with Crippen molar-refractivity contribution in [2.75, 3.05) is 31.6 Å². The van der Waals surface area contributed by atoms with Crippen molar-refractivity contribution in [3.63, 3.8) is 0 Å². The van der Waals surface area contributed by atoms with Gasteiger partial charge >= 0.3 is 0 Å². The first-order valence-corrected chi connectivity index (χ1v) is 9.98. The first-order chi connectivity index (χ1) is 13.1. The minimum atomic E-state index is -0.358. The fourth-order valence-corrected chi connectivity index (χ4v) is 4.94. The van der Waals surface area contributed by atoms with E-state index in [4.69, 9.17) is 4.74 Å². The second kappa shape index (κ2) is 6.23. The highest BCUT2D eigenvalue weighted by atomic mass is 19.1. The van der Waals surface area contributed by atoms with Crippen molar-refractivity contribution in [2.24, 2.45) is 5.92 Å². The lowest BCUT2D eigenvalue weighted by atomic mass is 9.94. The van der Waals surface area contributed by atoms with E-state index < -0.39 is 0 Å². The van der Waals surface area contributed by atoms with Gasteiger partial charge in [0.1, 0.15) is 5.69 Å². The quantitative estimate of drug-likeness (QED) is 0.901. The Morgan fingerprint density at radius 2 is 2.07 bits per heavy atom. The molecule has 0 spiro atoms. The summed E-state index contributed by atoms with van der Waals surface area (Å²) < 4.78 is 23.2. The molecule has 2 aliphatic heterocycles. The third kappa shape index (κ3) is 2.64. The van der Waals surface area contributed by atoms with E-state index in [1.54, 1.807) is 14.0 Å². The molecule has 2 aromatic rings. The summed E-state index contributed by atoms with van der Waals surface area (Å²) in [6, 6.07) is 2.21. The first-order valence-electron chi connectivity index (χ1n) is 9.98. The summed E-state index contributed by atoms with van der Waals surface area (Å²) in [6.07, 6.45) is 6.44. The number of pyridine rings is 1. The largest absolute Gasteiger partial charge is 0.492 e. The number of methoxy groups -OCH3 is 1. The summed E-state index contributed by atoms with van der Waals surface area (Å²) in [7, 11) is 1.58. The van der Waals surface area contributed by atoms with Crippen molar-refractivity contribution in [1.82, 2.24) is 9.88 Å². The highest BCUT2D eigenvalue weighted by molar-refractivity contribution is 5.92. The van der Waals surface area contributed by atoms with Gasteiger partial charge in [0, 0.05) is 36.9 Å². The fraction of sp³-hybridized carbons (Fsp3) is 0.571. The van der Waals surface area contributed by atoms with Crippen molar-refractivity contribution < 1.29 is 9.13 Å². The molecule has 0 bridgehead atoms. The topological polar surface area (TPSA) is 46.5 Å². The van der Waals surface area contributed by atoms with Gasteiger partial charge in [-0.15, -0.1) is 0 Å². The van der Waals surface area contributed by atoms with Crippen LogP contribution in [0.4, 0.5) is 10.1 Å². The Balaban J connectivity index is 1.71. The van der Waals surface area contributed by atoms with Crippen LogP contribution in [0.15, 0.2) is 17.1 Å². The Bertz CT molecular complexity index is 952. The number of hydrogen-bond acceptors (Lipinski definition) is 4. The van der Waals surface area contributed by atoms with Gasteiger partial charge in [-0.05, 0) is 51.1 Å². The molecule has 27 heavy (non-hydrogen) atoms. The third-order valence-corrected chi connectivity index (χ3v) is 6.44. The summed E-state index contributed by atoms with van der Waals surface area (Å²) in [5, 5.41) is 4.00. The smallest absolute Gasteiger partial charge is 0.192 e. The zero-order valence-electron chi connectivity index (χ0n) is 15.9. The lowest BCUT2D eigenvalue weighted by Gasteiger charge is -2.25. The predicted molar refractivity (Wildman–Crippen MR) is 104 cm³/mol. The van der Waals surface area contributed by atoms with E-state index in [2.05, 4.69) is 14.8 Å². The van der Waals surface area contributed by atoms with E-state index in [-0.39, 0.29) is 11.2 Å². The average Bonchev–Trinajstić information content (AvgIpc) is 3.42. The van der Waals surface area contributed by atoms with Gasteiger partial charge in [0.05, 0.1) is 18.0 Å². The minimum absolute atomic E-state index is 0.109. The number of hydrogen-bond donors (Lipinski definition) is 1. The molecule has 144 valence electrons. The van der Waals surface area contributed by atoms with E-state index >= 15 is 4.39 Å². The van der Waals surface area contributed by atoms with Gasteiger partial charge in [0.2, 0.25) is 0 Å². The molecule has 2 atom stereocenters. The number of piperidine rings is 1. The molecule has 5 rings (SSSR count). The monoisotopic (exact) mass is 371 g/mol. The molecule has 1 aromatic carbocycles. The van der Waals surface area contributed by atoms with Gasteiger partial charge in [0.15, 0.2) is 17.0 Å². The van der Waals surface area contributed by atoms with Gasteiger partial charge in [-0.1, -0.05) is 0 Å². The minimum Gasteiger partial charge on any atom is -0.492 e. The van der Waals surface area contributed by atoms with Crippen LogP contribution in [0.2, 0.25) is 0 Å². The number of nitrogens with one attached hydrogen (secondary N) is 1. The van der Waals surface area contributed by atoms with E-state index in [1.165, 1.54) is 18.9 Å². The Hall–Kier alpha value is -2.08. The van der Waals surface area contributed by atoms with E-state index in [9.17, 15) is 4.79 Å². The maximum atomic E-state index is 15.3. The highest BCUT2D eigenvalue weighted by Crippen LogP contribution is 2.44. The standard InChI is InChI=1S/C21H26FN3O2/c1-12-9-25(14-5-6-14)18-15(20(12)26)8-16(22)19(21(18)27-2)24-10-13-4-3-7-23-17(13)11-24/h8-9,13-14,17,23H,3-7,10-11H2,1-2H3. The summed E-state index contributed by atoms with van der Waals surface area (Å²) in [4.78, 5) is 14.8. The Morgan fingerprint density at radius 1 is 1.26 bits per heavy atom. The van der Waals surface area contributed by atoms with Crippen LogP contribution in [0.5, 0.6) is 5.75 Å². The normalized spacial score (nSPS) is 25.1. The molecule has 2 saturated heterocycles. The molecule has 0 amide bonds. The van der Waals surface area contributed by atoms with Gasteiger partial charge < -0.3 is 19.5 Å².